The normalized spacial score (nSPS) is 10.2. The fourth-order valence-electron chi connectivity index (χ4n) is 1.01. The van der Waals surface area contributed by atoms with Crippen molar-refractivity contribution in [3.05, 3.63) is 28.8 Å². The predicted molar refractivity (Wildman–Crippen MR) is 51.7 cm³/mol. The molecule has 0 saturated heterocycles. The molecule has 13 heavy (non-hydrogen) atoms. The van der Waals surface area contributed by atoms with E-state index in [2.05, 4.69) is 20.2 Å². The first kappa shape index (κ1) is 8.12. The molecule has 0 fully saturated rings. The molecule has 5 heteroatoms. The molecule has 0 amide bonds. The van der Waals surface area contributed by atoms with Crippen molar-refractivity contribution in [3.63, 3.8) is 0 Å². The number of rotatable bonds is 1. The zero-order valence-corrected chi connectivity index (χ0v) is 7.85. The average Bonchev–Trinajstić information content (AvgIpc) is 2.53. The molecule has 0 aliphatic heterocycles. The van der Waals surface area contributed by atoms with Gasteiger partial charge in [0.15, 0.2) is 10.6 Å². The van der Waals surface area contributed by atoms with Gasteiger partial charge in [-0.25, -0.2) is 0 Å². The number of nitrogens with one attached hydrogen (secondary N) is 2. The Morgan fingerprint density at radius 1 is 1.38 bits per heavy atom. The first-order valence-electron chi connectivity index (χ1n) is 3.83. The third kappa shape index (κ3) is 1.65. The highest BCUT2D eigenvalue weighted by atomic mass is 32.1. The van der Waals surface area contributed by atoms with Crippen LogP contribution in [0.5, 0.6) is 0 Å². The molecule has 0 radical (unpaired) electrons. The minimum atomic E-state index is 0.524. The van der Waals surface area contributed by atoms with E-state index in [1.807, 2.05) is 19.1 Å². The molecule has 0 aromatic carbocycles. The van der Waals surface area contributed by atoms with Gasteiger partial charge in [-0.2, -0.15) is 5.10 Å². The largest absolute Gasteiger partial charge is 0.314 e. The predicted octanol–water partition coefficient (Wildman–Crippen LogP) is 1.84. The molecule has 0 aliphatic carbocycles. The molecule has 0 saturated carbocycles. The van der Waals surface area contributed by atoms with Gasteiger partial charge >= 0.3 is 0 Å². The lowest BCUT2D eigenvalue weighted by atomic mass is 10.2. The molecule has 0 bridgehead atoms. The summed E-state index contributed by atoms with van der Waals surface area (Å²) in [5.41, 5.74) is 1.91. The van der Waals surface area contributed by atoms with Gasteiger partial charge in [0, 0.05) is 17.5 Å². The highest BCUT2D eigenvalue weighted by Gasteiger charge is 1.99. The van der Waals surface area contributed by atoms with Crippen LogP contribution in [0.15, 0.2) is 18.3 Å². The third-order valence-corrected chi connectivity index (χ3v) is 1.88. The van der Waals surface area contributed by atoms with E-state index in [0.29, 0.717) is 4.77 Å². The molecule has 66 valence electrons. The van der Waals surface area contributed by atoms with Gasteiger partial charge in [-0.1, -0.05) is 0 Å². The second-order valence-corrected chi connectivity index (χ2v) is 3.12. The summed E-state index contributed by atoms with van der Waals surface area (Å²) in [4.78, 5) is 7.08. The molecule has 2 rings (SSSR count). The lowest BCUT2D eigenvalue weighted by Crippen LogP contribution is -1.84. The minimum Gasteiger partial charge on any atom is -0.314 e. The van der Waals surface area contributed by atoms with Crippen molar-refractivity contribution in [1.29, 1.82) is 0 Å². The summed E-state index contributed by atoms with van der Waals surface area (Å²) >= 11 is 4.86. The fourth-order valence-corrected chi connectivity index (χ4v) is 1.16. The van der Waals surface area contributed by atoms with Crippen LogP contribution in [0.2, 0.25) is 0 Å². The molecule has 2 aromatic rings. The van der Waals surface area contributed by atoms with E-state index in [1.54, 1.807) is 6.20 Å². The molecule has 2 N–H and O–H groups in total. The number of aromatic nitrogens is 4. The average molecular weight is 192 g/mol. The Hall–Kier alpha value is -1.49. The zero-order valence-electron chi connectivity index (χ0n) is 7.03. The number of pyridine rings is 1. The molecule has 0 atom stereocenters. The van der Waals surface area contributed by atoms with E-state index >= 15 is 0 Å². The van der Waals surface area contributed by atoms with Gasteiger partial charge in [-0.05, 0) is 31.3 Å². The van der Waals surface area contributed by atoms with Crippen LogP contribution in [-0.4, -0.2) is 20.2 Å². The summed E-state index contributed by atoms with van der Waals surface area (Å²) in [5, 5.41) is 6.65. The fraction of sp³-hybridized carbons (Fsp3) is 0.125. The Kier molecular flexibility index (Phi) is 1.94. The Labute approximate surface area is 80.0 Å². The van der Waals surface area contributed by atoms with Crippen molar-refractivity contribution in [2.24, 2.45) is 0 Å². The lowest BCUT2D eigenvalue weighted by Gasteiger charge is -1.94. The SMILES string of the molecule is Cc1ccc(-c2n[nH]c(=S)[nH]2)cn1. The molecular formula is C8H8N4S. The van der Waals surface area contributed by atoms with Gasteiger partial charge in [-0.3, -0.25) is 10.1 Å². The molecule has 2 heterocycles. The maximum Gasteiger partial charge on any atom is 0.192 e. The van der Waals surface area contributed by atoms with Gasteiger partial charge in [0.25, 0.3) is 0 Å². The van der Waals surface area contributed by atoms with Gasteiger partial charge in [0.2, 0.25) is 0 Å². The second-order valence-electron chi connectivity index (χ2n) is 2.71. The van der Waals surface area contributed by atoms with Gasteiger partial charge in [0.1, 0.15) is 0 Å². The van der Waals surface area contributed by atoms with Crippen LogP contribution < -0.4 is 0 Å². The Balaban J connectivity index is 2.47. The molecule has 2 aromatic heterocycles. The molecule has 0 aliphatic rings. The Bertz CT molecular complexity index is 453. The summed E-state index contributed by atoms with van der Waals surface area (Å²) in [7, 11) is 0. The van der Waals surface area contributed by atoms with Gasteiger partial charge in [0.05, 0.1) is 0 Å². The first-order valence-corrected chi connectivity index (χ1v) is 4.24. The summed E-state index contributed by atoms with van der Waals surface area (Å²) < 4.78 is 0.524. The summed E-state index contributed by atoms with van der Waals surface area (Å²) in [6, 6.07) is 3.88. The van der Waals surface area contributed by atoms with E-state index in [1.165, 1.54) is 0 Å². The maximum atomic E-state index is 4.86. The molecule has 0 unspecified atom stereocenters. The maximum absolute atomic E-state index is 4.86. The van der Waals surface area contributed by atoms with Crippen LogP contribution in [0, 0.1) is 11.7 Å². The van der Waals surface area contributed by atoms with E-state index in [-0.39, 0.29) is 0 Å². The minimum absolute atomic E-state index is 0.524. The topological polar surface area (TPSA) is 57.4 Å². The van der Waals surface area contributed by atoms with Crippen molar-refractivity contribution < 1.29 is 0 Å². The van der Waals surface area contributed by atoms with E-state index < -0.39 is 0 Å². The van der Waals surface area contributed by atoms with Crippen LogP contribution in [0.25, 0.3) is 11.4 Å². The highest BCUT2D eigenvalue weighted by Crippen LogP contribution is 2.11. The molecule has 0 spiro atoms. The highest BCUT2D eigenvalue weighted by molar-refractivity contribution is 7.71. The number of hydrogen-bond donors (Lipinski definition) is 2. The van der Waals surface area contributed by atoms with Crippen molar-refractivity contribution in [2.75, 3.05) is 0 Å². The zero-order chi connectivity index (χ0) is 9.26. The second kappa shape index (κ2) is 3.10. The van der Waals surface area contributed by atoms with Crippen LogP contribution in [0.4, 0.5) is 0 Å². The summed E-state index contributed by atoms with van der Waals surface area (Å²) in [6.07, 6.45) is 1.76. The van der Waals surface area contributed by atoms with E-state index in [0.717, 1.165) is 17.1 Å². The number of aromatic amines is 2. The van der Waals surface area contributed by atoms with E-state index in [4.69, 9.17) is 12.2 Å². The third-order valence-electron chi connectivity index (χ3n) is 1.69. The molecular weight excluding hydrogens is 184 g/mol. The van der Waals surface area contributed by atoms with Crippen molar-refractivity contribution in [3.8, 4) is 11.4 Å². The van der Waals surface area contributed by atoms with Crippen LogP contribution in [0.3, 0.4) is 0 Å². The van der Waals surface area contributed by atoms with Crippen LogP contribution >= 0.6 is 12.2 Å². The monoisotopic (exact) mass is 192 g/mol. The summed E-state index contributed by atoms with van der Waals surface area (Å²) in [5.74, 6) is 0.720. The summed E-state index contributed by atoms with van der Waals surface area (Å²) in [6.45, 7) is 1.94. The van der Waals surface area contributed by atoms with Crippen LogP contribution in [-0.2, 0) is 0 Å². The van der Waals surface area contributed by atoms with Crippen molar-refractivity contribution in [2.45, 2.75) is 6.92 Å². The van der Waals surface area contributed by atoms with Crippen molar-refractivity contribution in [1.82, 2.24) is 20.2 Å². The lowest BCUT2D eigenvalue weighted by molar-refractivity contribution is 1.08. The van der Waals surface area contributed by atoms with Gasteiger partial charge in [-0.15, -0.1) is 0 Å². The quantitative estimate of drug-likeness (QED) is 0.678. The number of hydrogen-bond acceptors (Lipinski definition) is 3. The number of aryl methyl sites for hydroxylation is 1. The van der Waals surface area contributed by atoms with Crippen LogP contribution in [0.1, 0.15) is 5.69 Å². The number of nitrogens with zero attached hydrogens (tertiary/aromatic N) is 2. The standard InChI is InChI=1S/C8H8N4S/c1-5-2-3-6(4-9-5)7-10-8(13)12-11-7/h2-4H,1H3,(H2,10,11,12,13). The van der Waals surface area contributed by atoms with E-state index in [9.17, 15) is 0 Å². The van der Waals surface area contributed by atoms with Gasteiger partial charge < -0.3 is 4.98 Å². The Morgan fingerprint density at radius 2 is 2.23 bits per heavy atom. The Morgan fingerprint density at radius 3 is 2.77 bits per heavy atom. The smallest absolute Gasteiger partial charge is 0.192 e. The molecule has 4 nitrogen and oxygen atoms in total. The number of H-pyrrole nitrogens is 2. The van der Waals surface area contributed by atoms with Crippen molar-refractivity contribution >= 4 is 12.2 Å². The first-order chi connectivity index (χ1) is 6.25.